The van der Waals surface area contributed by atoms with Crippen LogP contribution in [0.2, 0.25) is 0 Å². The van der Waals surface area contributed by atoms with Crippen molar-refractivity contribution < 1.29 is 14.3 Å². The van der Waals surface area contributed by atoms with Crippen LogP contribution < -0.4 is 11.1 Å². The van der Waals surface area contributed by atoms with Crippen molar-refractivity contribution in [2.24, 2.45) is 5.73 Å². The fourth-order valence-corrected chi connectivity index (χ4v) is 2.23. The second kappa shape index (κ2) is 11.4. The minimum atomic E-state index is -0.553. The van der Waals surface area contributed by atoms with Gasteiger partial charge in [0, 0.05) is 12.3 Å². The van der Waals surface area contributed by atoms with Crippen molar-refractivity contribution >= 4 is 36.0 Å². The van der Waals surface area contributed by atoms with Gasteiger partial charge in [-0.15, -0.1) is 24.2 Å². The van der Waals surface area contributed by atoms with E-state index in [9.17, 15) is 9.59 Å². The SMILES string of the molecule is COC(=O)CSCCNC(=O)[C@@H](N)Cc1ccccc1.Cl. The van der Waals surface area contributed by atoms with Crippen molar-refractivity contribution in [3.63, 3.8) is 0 Å². The molecule has 21 heavy (non-hydrogen) atoms. The number of rotatable bonds is 8. The average Bonchev–Trinajstić information content (AvgIpc) is 2.47. The predicted molar refractivity (Wildman–Crippen MR) is 87.7 cm³/mol. The quantitative estimate of drug-likeness (QED) is 0.548. The maximum Gasteiger partial charge on any atom is 0.315 e. The van der Waals surface area contributed by atoms with Crippen molar-refractivity contribution in [3.8, 4) is 0 Å². The van der Waals surface area contributed by atoms with E-state index in [0.717, 1.165) is 5.56 Å². The first-order valence-electron chi connectivity index (χ1n) is 6.35. The average molecular weight is 333 g/mol. The molecule has 7 heteroatoms. The number of carbonyl (C=O) groups is 2. The molecule has 0 heterocycles. The second-order valence-corrected chi connectivity index (χ2v) is 5.32. The molecule has 1 amide bonds. The van der Waals surface area contributed by atoms with Crippen molar-refractivity contribution in [1.29, 1.82) is 0 Å². The number of amides is 1. The Hall–Kier alpha value is -1.24. The predicted octanol–water partition coefficient (Wildman–Crippen LogP) is 1.00. The Morgan fingerprint density at radius 2 is 2.00 bits per heavy atom. The Morgan fingerprint density at radius 1 is 1.33 bits per heavy atom. The molecule has 1 aromatic carbocycles. The third-order valence-corrected chi connectivity index (χ3v) is 3.56. The van der Waals surface area contributed by atoms with Gasteiger partial charge in [0.25, 0.3) is 0 Å². The number of hydrogen-bond donors (Lipinski definition) is 2. The van der Waals surface area contributed by atoms with Gasteiger partial charge in [-0.1, -0.05) is 30.3 Å². The van der Waals surface area contributed by atoms with E-state index in [-0.39, 0.29) is 24.3 Å². The van der Waals surface area contributed by atoms with Gasteiger partial charge in [0.2, 0.25) is 5.91 Å². The summed E-state index contributed by atoms with van der Waals surface area (Å²) in [5.74, 6) is 0.510. The normalized spacial score (nSPS) is 11.1. The monoisotopic (exact) mass is 332 g/mol. The summed E-state index contributed by atoms with van der Waals surface area (Å²) in [5.41, 5.74) is 6.88. The smallest absolute Gasteiger partial charge is 0.315 e. The lowest BCUT2D eigenvalue weighted by Crippen LogP contribution is -2.42. The van der Waals surface area contributed by atoms with Crippen LogP contribution in [0.1, 0.15) is 5.56 Å². The van der Waals surface area contributed by atoms with Crippen molar-refractivity contribution in [3.05, 3.63) is 35.9 Å². The Bertz CT molecular complexity index is 431. The number of nitrogens with two attached hydrogens (primary N) is 1. The molecule has 0 radical (unpaired) electrons. The topological polar surface area (TPSA) is 81.4 Å². The summed E-state index contributed by atoms with van der Waals surface area (Å²) >= 11 is 1.41. The Kier molecular flexibility index (Phi) is 10.7. The number of esters is 1. The van der Waals surface area contributed by atoms with Gasteiger partial charge in [-0.25, -0.2) is 0 Å². The molecule has 1 rings (SSSR count). The molecular formula is C14H21ClN2O3S. The zero-order chi connectivity index (χ0) is 14.8. The lowest BCUT2D eigenvalue weighted by Gasteiger charge is -2.12. The summed E-state index contributed by atoms with van der Waals surface area (Å²) in [7, 11) is 1.35. The van der Waals surface area contributed by atoms with Crippen LogP contribution in [0.4, 0.5) is 0 Å². The molecular weight excluding hydrogens is 312 g/mol. The number of methoxy groups -OCH3 is 1. The molecule has 0 saturated heterocycles. The number of benzene rings is 1. The number of halogens is 1. The molecule has 5 nitrogen and oxygen atoms in total. The molecule has 118 valence electrons. The molecule has 0 fully saturated rings. The standard InChI is InChI=1S/C14H20N2O3S.ClH/c1-19-13(17)10-20-8-7-16-14(18)12(15)9-11-5-3-2-4-6-11;/h2-6,12H,7-10,15H2,1H3,(H,16,18);1H/t12-;/m0./s1. The largest absolute Gasteiger partial charge is 0.468 e. The van der Waals surface area contributed by atoms with E-state index in [1.165, 1.54) is 18.9 Å². The molecule has 3 N–H and O–H groups in total. The number of hydrogen-bond acceptors (Lipinski definition) is 5. The van der Waals surface area contributed by atoms with Gasteiger partial charge in [-0.3, -0.25) is 9.59 Å². The molecule has 1 atom stereocenters. The summed E-state index contributed by atoms with van der Waals surface area (Å²) in [5, 5.41) is 2.76. The highest BCUT2D eigenvalue weighted by molar-refractivity contribution is 7.99. The van der Waals surface area contributed by atoms with Gasteiger partial charge in [0.15, 0.2) is 0 Å². The molecule has 0 aliphatic rings. The summed E-state index contributed by atoms with van der Waals surface area (Å²) in [6.45, 7) is 0.489. The number of ether oxygens (including phenoxy) is 1. The van der Waals surface area contributed by atoms with Crippen LogP contribution in [-0.4, -0.2) is 43.1 Å². The van der Waals surface area contributed by atoms with Crippen molar-refractivity contribution in [2.75, 3.05) is 25.2 Å². The fourth-order valence-electron chi connectivity index (χ4n) is 1.55. The minimum absolute atomic E-state index is 0. The van der Waals surface area contributed by atoms with Gasteiger partial charge >= 0.3 is 5.97 Å². The summed E-state index contributed by atoms with van der Waals surface area (Å²) in [6, 6.07) is 9.10. The van der Waals surface area contributed by atoms with E-state index in [1.807, 2.05) is 30.3 Å². The lowest BCUT2D eigenvalue weighted by molar-refractivity contribution is -0.137. The zero-order valence-electron chi connectivity index (χ0n) is 11.9. The number of carbonyl (C=O) groups excluding carboxylic acids is 2. The van der Waals surface area contributed by atoms with Gasteiger partial charge in [0.05, 0.1) is 18.9 Å². The molecule has 0 saturated carbocycles. The minimum Gasteiger partial charge on any atom is -0.468 e. The highest BCUT2D eigenvalue weighted by Crippen LogP contribution is 2.02. The lowest BCUT2D eigenvalue weighted by atomic mass is 10.1. The number of nitrogens with one attached hydrogen (secondary N) is 1. The molecule has 0 aliphatic heterocycles. The first-order valence-corrected chi connectivity index (χ1v) is 7.50. The summed E-state index contributed by atoms with van der Waals surface area (Å²) < 4.78 is 4.52. The zero-order valence-corrected chi connectivity index (χ0v) is 13.5. The molecule has 0 aliphatic carbocycles. The van der Waals surface area contributed by atoms with Crippen molar-refractivity contribution in [1.82, 2.24) is 5.32 Å². The Morgan fingerprint density at radius 3 is 2.62 bits per heavy atom. The first-order chi connectivity index (χ1) is 9.63. The van der Waals surface area contributed by atoms with E-state index in [1.54, 1.807) is 0 Å². The number of thioether (sulfide) groups is 1. The molecule has 0 aromatic heterocycles. The van der Waals surface area contributed by atoms with E-state index in [4.69, 9.17) is 5.73 Å². The van der Waals surface area contributed by atoms with E-state index < -0.39 is 6.04 Å². The van der Waals surface area contributed by atoms with Crippen LogP contribution in [0, 0.1) is 0 Å². The van der Waals surface area contributed by atoms with Gasteiger partial charge in [-0.2, -0.15) is 0 Å². The third-order valence-electron chi connectivity index (χ3n) is 2.63. The van der Waals surface area contributed by atoms with E-state index >= 15 is 0 Å². The Balaban J connectivity index is 0.00000400. The fraction of sp³-hybridized carbons (Fsp3) is 0.429. The molecule has 1 aromatic rings. The van der Waals surface area contributed by atoms with Gasteiger partial charge in [0.1, 0.15) is 0 Å². The molecule has 0 bridgehead atoms. The van der Waals surface area contributed by atoms with Crippen LogP contribution in [0.5, 0.6) is 0 Å². The van der Waals surface area contributed by atoms with Crippen LogP contribution in [-0.2, 0) is 20.7 Å². The second-order valence-electron chi connectivity index (χ2n) is 4.22. The highest BCUT2D eigenvalue weighted by atomic mass is 35.5. The van der Waals surface area contributed by atoms with Crippen LogP contribution >= 0.6 is 24.2 Å². The third kappa shape index (κ3) is 8.60. The highest BCUT2D eigenvalue weighted by Gasteiger charge is 2.13. The summed E-state index contributed by atoms with van der Waals surface area (Å²) in [6.07, 6.45) is 0.516. The molecule has 0 spiro atoms. The maximum absolute atomic E-state index is 11.8. The Labute approximate surface area is 135 Å². The van der Waals surface area contributed by atoms with E-state index in [0.29, 0.717) is 24.5 Å². The van der Waals surface area contributed by atoms with Crippen LogP contribution in [0.3, 0.4) is 0 Å². The van der Waals surface area contributed by atoms with Gasteiger partial charge < -0.3 is 15.8 Å². The maximum atomic E-state index is 11.8. The van der Waals surface area contributed by atoms with Crippen molar-refractivity contribution in [2.45, 2.75) is 12.5 Å². The van der Waals surface area contributed by atoms with Crippen LogP contribution in [0.25, 0.3) is 0 Å². The van der Waals surface area contributed by atoms with Crippen LogP contribution in [0.15, 0.2) is 30.3 Å². The van der Waals surface area contributed by atoms with E-state index in [2.05, 4.69) is 10.1 Å². The molecule has 0 unspecified atom stereocenters. The van der Waals surface area contributed by atoms with Gasteiger partial charge in [-0.05, 0) is 12.0 Å². The summed E-state index contributed by atoms with van der Waals surface area (Å²) in [4.78, 5) is 22.6. The first kappa shape index (κ1) is 19.8.